The lowest BCUT2D eigenvalue weighted by molar-refractivity contribution is 0.471. The lowest BCUT2D eigenvalue weighted by Crippen LogP contribution is -2.37. The number of hydrogen-bond acceptors (Lipinski definition) is 4. The van der Waals surface area contributed by atoms with Crippen molar-refractivity contribution in [1.29, 1.82) is 0 Å². The molecule has 0 aromatic carbocycles. The second-order valence-electron chi connectivity index (χ2n) is 3.79. The van der Waals surface area contributed by atoms with Crippen LogP contribution in [-0.2, 0) is 19.7 Å². The van der Waals surface area contributed by atoms with Gasteiger partial charge in [0.05, 0.1) is 11.5 Å². The van der Waals surface area contributed by atoms with Gasteiger partial charge in [-0.3, -0.25) is 0 Å². The summed E-state index contributed by atoms with van der Waals surface area (Å²) >= 11 is 0. The number of fused-ring (bicyclic) bond motifs is 1. The lowest BCUT2D eigenvalue weighted by Gasteiger charge is -2.23. The second kappa shape index (κ2) is 2.70. The molecule has 2 unspecified atom stereocenters. The molecule has 2 saturated heterocycles. The Bertz CT molecular complexity index is 406. The monoisotopic (exact) mass is 224 g/mol. The molecule has 0 saturated carbocycles. The predicted molar refractivity (Wildman–Crippen MR) is 48.7 cm³/mol. The molecule has 0 aromatic rings. The van der Waals surface area contributed by atoms with Gasteiger partial charge in [-0.2, -0.15) is 0 Å². The molecule has 2 rings (SSSR count). The van der Waals surface area contributed by atoms with Crippen LogP contribution in [0.15, 0.2) is 0 Å². The first-order valence-electron chi connectivity index (χ1n) is 4.37. The zero-order valence-electron chi connectivity index (χ0n) is 7.14. The topological polar surface area (TPSA) is 68.3 Å². The Morgan fingerprint density at radius 2 is 1.46 bits per heavy atom. The van der Waals surface area contributed by atoms with Crippen LogP contribution < -0.4 is 0 Å². The van der Waals surface area contributed by atoms with Crippen molar-refractivity contribution in [2.24, 2.45) is 5.92 Å². The van der Waals surface area contributed by atoms with Gasteiger partial charge >= 0.3 is 0 Å². The van der Waals surface area contributed by atoms with Crippen LogP contribution in [0.1, 0.15) is 19.3 Å². The maximum atomic E-state index is 11.5. The highest BCUT2D eigenvalue weighted by Crippen LogP contribution is 2.38. The first kappa shape index (κ1) is 9.45. The smallest absolute Gasteiger partial charge is 0.167 e. The van der Waals surface area contributed by atoms with E-state index in [1.165, 1.54) is 0 Å². The van der Waals surface area contributed by atoms with E-state index in [1.54, 1.807) is 0 Å². The molecule has 2 heterocycles. The molecule has 2 atom stereocenters. The van der Waals surface area contributed by atoms with Gasteiger partial charge in [-0.05, 0) is 25.2 Å². The van der Waals surface area contributed by atoms with Crippen LogP contribution in [0, 0.1) is 5.92 Å². The second-order valence-corrected chi connectivity index (χ2v) is 8.58. The number of hydrogen-bond donors (Lipinski definition) is 0. The molecule has 0 aromatic heterocycles. The molecule has 0 spiro atoms. The summed E-state index contributed by atoms with van der Waals surface area (Å²) < 4.78 is 44.8. The standard InChI is InChI=1S/C7H12O4S2/c8-12(9)4-1-2-6-3-5-13(10,11)7(6)12/h6-7H,1-5H2. The van der Waals surface area contributed by atoms with E-state index in [4.69, 9.17) is 0 Å². The summed E-state index contributed by atoms with van der Waals surface area (Å²) in [5.41, 5.74) is 0. The van der Waals surface area contributed by atoms with Crippen LogP contribution in [0.2, 0.25) is 0 Å². The van der Waals surface area contributed by atoms with Crippen molar-refractivity contribution >= 4 is 19.7 Å². The molecule has 2 aliphatic rings. The minimum absolute atomic E-state index is 0.0490. The van der Waals surface area contributed by atoms with Gasteiger partial charge in [0.1, 0.15) is 0 Å². The van der Waals surface area contributed by atoms with E-state index < -0.39 is 24.3 Å². The molecule has 0 aliphatic carbocycles. The van der Waals surface area contributed by atoms with E-state index in [0.29, 0.717) is 12.8 Å². The van der Waals surface area contributed by atoms with Crippen LogP contribution in [0.25, 0.3) is 0 Å². The number of rotatable bonds is 0. The third-order valence-electron chi connectivity index (χ3n) is 2.87. The zero-order valence-corrected chi connectivity index (χ0v) is 8.77. The van der Waals surface area contributed by atoms with Gasteiger partial charge in [0, 0.05) is 0 Å². The van der Waals surface area contributed by atoms with E-state index >= 15 is 0 Å². The van der Waals surface area contributed by atoms with Gasteiger partial charge in [-0.25, -0.2) is 16.8 Å². The Morgan fingerprint density at radius 3 is 2.08 bits per heavy atom. The van der Waals surface area contributed by atoms with Gasteiger partial charge in [-0.1, -0.05) is 0 Å². The van der Waals surface area contributed by atoms with E-state index in [9.17, 15) is 16.8 Å². The summed E-state index contributed by atoms with van der Waals surface area (Å²) in [6, 6.07) is 0. The third kappa shape index (κ3) is 1.40. The molecule has 6 heteroatoms. The number of sulfone groups is 2. The summed E-state index contributed by atoms with van der Waals surface area (Å²) in [4.78, 5) is 0. The fourth-order valence-electron chi connectivity index (χ4n) is 2.32. The summed E-state index contributed by atoms with van der Waals surface area (Å²) in [5, 5.41) is 0. The summed E-state index contributed by atoms with van der Waals surface area (Å²) in [7, 11) is -6.70. The fourth-order valence-corrected chi connectivity index (χ4v) is 8.07. The van der Waals surface area contributed by atoms with Crippen molar-refractivity contribution in [2.45, 2.75) is 23.8 Å². The van der Waals surface area contributed by atoms with E-state index in [-0.39, 0.29) is 17.4 Å². The van der Waals surface area contributed by atoms with Crippen molar-refractivity contribution in [1.82, 2.24) is 0 Å². The Balaban J connectivity index is 2.50. The maximum Gasteiger partial charge on any atom is 0.167 e. The Labute approximate surface area is 78.2 Å². The molecular weight excluding hydrogens is 212 g/mol. The first-order valence-corrected chi connectivity index (χ1v) is 7.80. The van der Waals surface area contributed by atoms with Crippen LogP contribution in [0.5, 0.6) is 0 Å². The molecule has 0 N–H and O–H groups in total. The van der Waals surface area contributed by atoms with Gasteiger partial charge in [-0.15, -0.1) is 0 Å². The molecule has 0 amide bonds. The maximum absolute atomic E-state index is 11.5. The fraction of sp³-hybridized carbons (Fsp3) is 1.00. The van der Waals surface area contributed by atoms with Crippen LogP contribution in [-0.4, -0.2) is 32.9 Å². The normalized spacial score (nSPS) is 41.2. The average Bonchev–Trinajstić information content (AvgIpc) is 2.27. The first-order chi connectivity index (χ1) is 5.93. The highest BCUT2D eigenvalue weighted by molar-refractivity contribution is 8.09. The zero-order chi connectivity index (χ0) is 9.69. The minimum atomic E-state index is -3.36. The van der Waals surface area contributed by atoms with Crippen molar-refractivity contribution in [3.8, 4) is 0 Å². The van der Waals surface area contributed by atoms with Crippen molar-refractivity contribution < 1.29 is 16.8 Å². The Kier molecular flexibility index (Phi) is 1.96. The van der Waals surface area contributed by atoms with Crippen LogP contribution in [0.4, 0.5) is 0 Å². The van der Waals surface area contributed by atoms with Gasteiger partial charge in [0.25, 0.3) is 0 Å². The van der Waals surface area contributed by atoms with E-state index in [1.807, 2.05) is 0 Å². The third-order valence-corrected chi connectivity index (χ3v) is 8.48. The molecule has 4 nitrogen and oxygen atoms in total. The highest BCUT2D eigenvalue weighted by atomic mass is 32.3. The molecule has 0 bridgehead atoms. The van der Waals surface area contributed by atoms with Crippen molar-refractivity contribution in [3.05, 3.63) is 0 Å². The minimum Gasteiger partial charge on any atom is -0.227 e. The predicted octanol–water partition coefficient (Wildman–Crippen LogP) is -0.0442. The average molecular weight is 224 g/mol. The molecule has 2 fully saturated rings. The molecule has 76 valence electrons. The molecule has 0 radical (unpaired) electrons. The van der Waals surface area contributed by atoms with Crippen LogP contribution in [0.3, 0.4) is 0 Å². The van der Waals surface area contributed by atoms with Crippen molar-refractivity contribution in [3.63, 3.8) is 0 Å². The molecule has 2 aliphatic heterocycles. The summed E-state index contributed by atoms with van der Waals surface area (Å²) in [6.07, 6.45) is 1.91. The van der Waals surface area contributed by atoms with Crippen molar-refractivity contribution in [2.75, 3.05) is 11.5 Å². The highest BCUT2D eigenvalue weighted by Gasteiger charge is 2.50. The van der Waals surface area contributed by atoms with Gasteiger partial charge in [0.15, 0.2) is 24.3 Å². The molecular formula is C7H12O4S2. The van der Waals surface area contributed by atoms with Crippen LogP contribution >= 0.6 is 0 Å². The Morgan fingerprint density at radius 1 is 0.846 bits per heavy atom. The van der Waals surface area contributed by atoms with Gasteiger partial charge in [0.2, 0.25) is 0 Å². The Hall–Kier alpha value is -0.100. The summed E-state index contributed by atoms with van der Waals surface area (Å²) in [5.74, 6) is -0.0154. The largest absolute Gasteiger partial charge is 0.227 e. The van der Waals surface area contributed by atoms with Gasteiger partial charge < -0.3 is 0 Å². The van der Waals surface area contributed by atoms with E-state index in [0.717, 1.165) is 6.42 Å². The molecule has 13 heavy (non-hydrogen) atoms. The quantitative estimate of drug-likeness (QED) is 0.579. The SMILES string of the molecule is O=S1(=O)CCCC2CCS(=O)(=O)C21. The lowest BCUT2D eigenvalue weighted by atomic mass is 10.0. The van der Waals surface area contributed by atoms with E-state index in [2.05, 4.69) is 0 Å². The summed E-state index contributed by atoms with van der Waals surface area (Å²) in [6.45, 7) is 0.